The van der Waals surface area contributed by atoms with E-state index in [2.05, 4.69) is 22.6 Å². The van der Waals surface area contributed by atoms with Crippen LogP contribution in [0.2, 0.25) is 0 Å². The van der Waals surface area contributed by atoms with Crippen molar-refractivity contribution in [2.24, 2.45) is 0 Å². The Morgan fingerprint density at radius 3 is 2.10 bits per heavy atom. The Morgan fingerprint density at radius 2 is 1.70 bits per heavy atom. The monoisotopic (exact) mass is 250 g/mol. The lowest BCUT2D eigenvalue weighted by atomic mass is 10.3. The number of phenolic OH excluding ortho intramolecular Hbond substituents is 2. The van der Waals surface area contributed by atoms with E-state index in [1.165, 1.54) is 12.1 Å². The fourth-order valence-corrected chi connectivity index (χ4v) is 0.971. The van der Waals surface area contributed by atoms with Gasteiger partial charge >= 0.3 is 0 Å². The second kappa shape index (κ2) is 3.70. The maximum Gasteiger partial charge on any atom is 0.158 e. The molecule has 4 heteroatoms. The number of rotatable bonds is 0. The molecule has 10 heavy (non-hydrogen) atoms. The Morgan fingerprint density at radius 1 is 1.10 bits per heavy atom. The Bertz CT molecular complexity index is 227. The molecule has 0 aliphatic carbocycles. The molecule has 1 rings (SSSR count). The second-order valence-electron chi connectivity index (χ2n) is 1.63. The summed E-state index contributed by atoms with van der Waals surface area (Å²) < 4.78 is 0.905. The molecular formula is C6H8BIO2. The van der Waals surface area contributed by atoms with Crippen LogP contribution in [0.1, 0.15) is 0 Å². The van der Waals surface area contributed by atoms with Gasteiger partial charge in [0, 0.05) is 3.57 Å². The van der Waals surface area contributed by atoms with Crippen molar-refractivity contribution in [3.05, 3.63) is 21.8 Å². The van der Waals surface area contributed by atoms with Crippen LogP contribution in [-0.4, -0.2) is 18.6 Å². The molecule has 0 unspecified atom stereocenters. The summed E-state index contributed by atoms with van der Waals surface area (Å²) in [6, 6.07) is 4.67. The standard InChI is InChI=1S/C6H5IO2.BH3/c7-4-1-2-5(8)6(9)3-4;/h1-3,8-9H;1H3. The Balaban J connectivity index is 0.000000810. The highest BCUT2D eigenvalue weighted by Gasteiger charge is 1.95. The van der Waals surface area contributed by atoms with Crippen LogP contribution in [0.5, 0.6) is 11.5 Å². The van der Waals surface area contributed by atoms with Crippen molar-refractivity contribution in [2.45, 2.75) is 0 Å². The predicted octanol–water partition coefficient (Wildman–Crippen LogP) is 0.518. The van der Waals surface area contributed by atoms with Gasteiger partial charge in [0.05, 0.1) is 8.41 Å². The van der Waals surface area contributed by atoms with E-state index < -0.39 is 0 Å². The lowest BCUT2D eigenvalue weighted by Crippen LogP contribution is -1.69. The highest BCUT2D eigenvalue weighted by atomic mass is 127. The van der Waals surface area contributed by atoms with Crippen molar-refractivity contribution in [3.8, 4) is 11.5 Å². The van der Waals surface area contributed by atoms with E-state index in [1.54, 1.807) is 6.07 Å². The molecule has 0 saturated carbocycles. The molecule has 0 radical (unpaired) electrons. The SMILES string of the molecule is B.Oc1ccc(I)cc1O. The summed E-state index contributed by atoms with van der Waals surface area (Å²) in [6.45, 7) is 0. The molecule has 1 aromatic rings. The lowest BCUT2D eigenvalue weighted by molar-refractivity contribution is 0.403. The van der Waals surface area contributed by atoms with Gasteiger partial charge in [-0.05, 0) is 40.8 Å². The molecule has 0 aromatic heterocycles. The number of benzene rings is 1. The molecule has 2 N–H and O–H groups in total. The van der Waals surface area contributed by atoms with Gasteiger partial charge in [0.2, 0.25) is 0 Å². The molecule has 0 aliphatic heterocycles. The van der Waals surface area contributed by atoms with Gasteiger partial charge in [0.25, 0.3) is 0 Å². The van der Waals surface area contributed by atoms with E-state index in [4.69, 9.17) is 10.2 Å². The van der Waals surface area contributed by atoms with Gasteiger partial charge in [0.1, 0.15) is 0 Å². The first-order valence-corrected chi connectivity index (χ1v) is 3.45. The number of hydrogen-bond donors (Lipinski definition) is 2. The zero-order chi connectivity index (χ0) is 6.85. The third kappa shape index (κ3) is 2.09. The first-order valence-electron chi connectivity index (χ1n) is 2.37. The van der Waals surface area contributed by atoms with Crippen LogP contribution in [-0.2, 0) is 0 Å². The largest absolute Gasteiger partial charge is 0.504 e. The maximum absolute atomic E-state index is 8.85. The third-order valence-corrected chi connectivity index (χ3v) is 1.61. The Hall–Kier alpha value is -0.385. The summed E-state index contributed by atoms with van der Waals surface area (Å²) in [5.41, 5.74) is 0. The Labute approximate surface area is 74.6 Å². The summed E-state index contributed by atoms with van der Waals surface area (Å²) in [4.78, 5) is 0. The van der Waals surface area contributed by atoms with Crippen molar-refractivity contribution in [3.63, 3.8) is 0 Å². The minimum atomic E-state index is -0.0737. The molecule has 0 fully saturated rings. The van der Waals surface area contributed by atoms with Crippen LogP contribution in [0.25, 0.3) is 0 Å². The van der Waals surface area contributed by atoms with Gasteiger partial charge in [-0.1, -0.05) is 0 Å². The van der Waals surface area contributed by atoms with E-state index in [-0.39, 0.29) is 19.9 Å². The number of hydrogen-bond acceptors (Lipinski definition) is 2. The van der Waals surface area contributed by atoms with Gasteiger partial charge in [-0.3, -0.25) is 0 Å². The highest BCUT2D eigenvalue weighted by Crippen LogP contribution is 2.25. The smallest absolute Gasteiger partial charge is 0.158 e. The van der Waals surface area contributed by atoms with Crippen molar-refractivity contribution in [1.29, 1.82) is 0 Å². The van der Waals surface area contributed by atoms with Gasteiger partial charge in [-0.25, -0.2) is 0 Å². The van der Waals surface area contributed by atoms with E-state index in [1.807, 2.05) is 0 Å². The van der Waals surface area contributed by atoms with Crippen molar-refractivity contribution in [1.82, 2.24) is 0 Å². The molecule has 0 aliphatic rings. The molecule has 0 spiro atoms. The molecule has 0 saturated heterocycles. The van der Waals surface area contributed by atoms with Crippen LogP contribution < -0.4 is 0 Å². The van der Waals surface area contributed by atoms with Crippen molar-refractivity contribution >= 4 is 31.0 Å². The molecule has 0 heterocycles. The van der Waals surface area contributed by atoms with E-state index in [0.717, 1.165) is 3.57 Å². The van der Waals surface area contributed by atoms with Crippen molar-refractivity contribution < 1.29 is 10.2 Å². The second-order valence-corrected chi connectivity index (χ2v) is 2.88. The third-order valence-electron chi connectivity index (χ3n) is 0.937. The molecule has 2 nitrogen and oxygen atoms in total. The maximum atomic E-state index is 8.85. The number of aromatic hydroxyl groups is 2. The van der Waals surface area contributed by atoms with Crippen LogP contribution in [0.15, 0.2) is 18.2 Å². The zero-order valence-electron chi connectivity index (χ0n) is 4.50. The molecule has 1 aromatic carbocycles. The van der Waals surface area contributed by atoms with Crippen LogP contribution >= 0.6 is 22.6 Å². The first-order chi connectivity index (χ1) is 4.20. The lowest BCUT2D eigenvalue weighted by Gasteiger charge is -1.94. The molecular weight excluding hydrogens is 242 g/mol. The average molecular weight is 250 g/mol. The normalized spacial score (nSPS) is 8.50. The summed E-state index contributed by atoms with van der Waals surface area (Å²) >= 11 is 2.05. The van der Waals surface area contributed by atoms with Gasteiger partial charge in [0.15, 0.2) is 11.5 Å². The molecule has 54 valence electrons. The summed E-state index contributed by atoms with van der Waals surface area (Å²) in [5, 5.41) is 17.6. The average Bonchev–Trinajstić information content (AvgIpc) is 1.80. The quantitative estimate of drug-likeness (QED) is 0.400. The van der Waals surface area contributed by atoms with Gasteiger partial charge < -0.3 is 10.2 Å². The van der Waals surface area contributed by atoms with Gasteiger partial charge in [-0.2, -0.15) is 0 Å². The van der Waals surface area contributed by atoms with E-state index >= 15 is 0 Å². The minimum Gasteiger partial charge on any atom is -0.504 e. The minimum absolute atomic E-state index is 0. The Kier molecular flexibility index (Phi) is 3.56. The topological polar surface area (TPSA) is 40.5 Å². The fraction of sp³-hybridized carbons (Fsp3) is 0. The zero-order valence-corrected chi connectivity index (χ0v) is 6.66. The fourth-order valence-electron chi connectivity index (χ4n) is 0.497. The van der Waals surface area contributed by atoms with Gasteiger partial charge in [-0.15, -0.1) is 0 Å². The number of halogens is 1. The number of phenols is 2. The van der Waals surface area contributed by atoms with Crippen LogP contribution in [0, 0.1) is 3.57 Å². The van der Waals surface area contributed by atoms with E-state index in [0.29, 0.717) is 0 Å². The van der Waals surface area contributed by atoms with Crippen LogP contribution in [0.3, 0.4) is 0 Å². The first kappa shape index (κ1) is 9.61. The summed E-state index contributed by atoms with van der Waals surface area (Å²) in [6.07, 6.45) is 0. The van der Waals surface area contributed by atoms with Crippen LogP contribution in [0.4, 0.5) is 0 Å². The predicted molar refractivity (Wildman–Crippen MR) is 52.4 cm³/mol. The highest BCUT2D eigenvalue weighted by molar-refractivity contribution is 14.1. The van der Waals surface area contributed by atoms with E-state index in [9.17, 15) is 0 Å². The molecule has 0 bridgehead atoms. The molecule has 0 atom stereocenters. The summed E-state index contributed by atoms with van der Waals surface area (Å²) in [5.74, 6) is -0.141. The summed E-state index contributed by atoms with van der Waals surface area (Å²) in [7, 11) is 0. The van der Waals surface area contributed by atoms with Crippen molar-refractivity contribution in [2.75, 3.05) is 0 Å². The molecule has 0 amide bonds.